The van der Waals surface area contributed by atoms with Crippen molar-refractivity contribution < 1.29 is 14.3 Å². The quantitative estimate of drug-likeness (QED) is 0.0855. The number of unbranched alkanes of at least 4 members (excludes halogenated alkanes) is 13. The Labute approximate surface area is 238 Å². The Morgan fingerprint density at radius 3 is 1.82 bits per heavy atom. The van der Waals surface area contributed by atoms with Crippen LogP contribution in [0.2, 0.25) is 0 Å². The highest BCUT2D eigenvalue weighted by Crippen LogP contribution is 2.19. The van der Waals surface area contributed by atoms with E-state index in [-0.39, 0.29) is 5.97 Å². The molecule has 0 aliphatic heterocycles. The van der Waals surface area contributed by atoms with Crippen molar-refractivity contribution in [2.75, 3.05) is 13.2 Å². The van der Waals surface area contributed by atoms with Gasteiger partial charge in [0, 0.05) is 6.21 Å². The summed E-state index contributed by atoms with van der Waals surface area (Å²) >= 11 is 0. The molecule has 1 unspecified atom stereocenters. The van der Waals surface area contributed by atoms with Gasteiger partial charge in [0.25, 0.3) is 0 Å². The third-order valence-electron chi connectivity index (χ3n) is 7.31. The normalized spacial score (nSPS) is 12.1. The van der Waals surface area contributed by atoms with E-state index in [1.165, 1.54) is 83.5 Å². The topological polar surface area (TPSA) is 47.9 Å². The summed E-state index contributed by atoms with van der Waals surface area (Å²) in [5, 5.41) is 0. The molecule has 0 spiro atoms. The first-order valence-electron chi connectivity index (χ1n) is 15.7. The van der Waals surface area contributed by atoms with Crippen LogP contribution in [0, 0.1) is 5.92 Å². The summed E-state index contributed by atoms with van der Waals surface area (Å²) in [6, 6.07) is 15.2. The van der Waals surface area contributed by atoms with Gasteiger partial charge in [-0.3, -0.25) is 4.99 Å². The number of hydrogen-bond acceptors (Lipinski definition) is 4. The molecule has 216 valence electrons. The van der Waals surface area contributed by atoms with Gasteiger partial charge in [-0.25, -0.2) is 4.79 Å². The molecule has 0 radical (unpaired) electrons. The SMILES string of the molecule is CCCCCCCCCCCCCCCCOc1ccc(N=Cc2ccc(C(=O)OCC(C)CC)cc2)cc1. The Morgan fingerprint density at radius 1 is 0.744 bits per heavy atom. The number of carbonyl (C=O) groups excluding carboxylic acids is 1. The molecular weight excluding hydrogens is 482 g/mol. The van der Waals surface area contributed by atoms with Crippen LogP contribution in [0.3, 0.4) is 0 Å². The molecule has 0 saturated heterocycles. The zero-order chi connectivity index (χ0) is 28.0. The molecule has 0 heterocycles. The van der Waals surface area contributed by atoms with Crippen molar-refractivity contribution in [2.24, 2.45) is 10.9 Å². The van der Waals surface area contributed by atoms with Gasteiger partial charge in [-0.1, -0.05) is 123 Å². The molecule has 0 aliphatic carbocycles. The van der Waals surface area contributed by atoms with Gasteiger partial charge in [0.2, 0.25) is 0 Å². The van der Waals surface area contributed by atoms with E-state index < -0.39 is 0 Å². The molecule has 0 saturated carbocycles. The van der Waals surface area contributed by atoms with Gasteiger partial charge >= 0.3 is 5.97 Å². The van der Waals surface area contributed by atoms with Crippen LogP contribution in [0.5, 0.6) is 5.75 Å². The van der Waals surface area contributed by atoms with Crippen molar-refractivity contribution in [3.63, 3.8) is 0 Å². The van der Waals surface area contributed by atoms with Gasteiger partial charge in [-0.2, -0.15) is 0 Å². The molecular formula is C35H53NO3. The number of hydrogen-bond donors (Lipinski definition) is 0. The minimum atomic E-state index is -0.275. The number of aliphatic imine (C=N–C) groups is 1. The van der Waals surface area contributed by atoms with Crippen molar-refractivity contribution in [1.29, 1.82) is 0 Å². The lowest BCUT2D eigenvalue weighted by Gasteiger charge is -2.09. The van der Waals surface area contributed by atoms with Crippen LogP contribution >= 0.6 is 0 Å². The van der Waals surface area contributed by atoms with Crippen molar-refractivity contribution in [3.8, 4) is 5.75 Å². The van der Waals surface area contributed by atoms with E-state index >= 15 is 0 Å². The monoisotopic (exact) mass is 535 g/mol. The maximum Gasteiger partial charge on any atom is 0.338 e. The number of ether oxygens (including phenoxy) is 2. The zero-order valence-corrected chi connectivity index (χ0v) is 25.0. The molecule has 39 heavy (non-hydrogen) atoms. The molecule has 0 amide bonds. The molecule has 2 aromatic carbocycles. The molecule has 0 aromatic heterocycles. The van der Waals surface area contributed by atoms with Gasteiger partial charge in [-0.15, -0.1) is 0 Å². The number of esters is 1. The van der Waals surface area contributed by atoms with Gasteiger partial charge in [0.15, 0.2) is 0 Å². The summed E-state index contributed by atoms with van der Waals surface area (Å²) < 4.78 is 11.3. The minimum Gasteiger partial charge on any atom is -0.494 e. The van der Waals surface area contributed by atoms with Gasteiger partial charge < -0.3 is 9.47 Å². The standard InChI is InChI=1S/C35H53NO3/c1-4-6-7-8-9-10-11-12-13-14-15-16-17-18-27-38-34-25-23-33(24-26-34)36-28-31-19-21-32(22-20-31)35(37)39-29-30(3)5-2/h19-26,28,30H,4-18,27,29H2,1-3H3. The molecule has 0 N–H and O–H groups in total. The zero-order valence-electron chi connectivity index (χ0n) is 25.0. The Balaban J connectivity index is 1.52. The van der Waals surface area contributed by atoms with Gasteiger partial charge in [0.05, 0.1) is 24.5 Å². The first-order valence-corrected chi connectivity index (χ1v) is 15.7. The maximum atomic E-state index is 12.1. The summed E-state index contributed by atoms with van der Waals surface area (Å²) in [5.74, 6) is 0.994. The van der Waals surface area contributed by atoms with Crippen LogP contribution in [0.4, 0.5) is 5.69 Å². The minimum absolute atomic E-state index is 0.275. The van der Waals surface area contributed by atoms with E-state index in [9.17, 15) is 4.79 Å². The van der Waals surface area contributed by atoms with Crippen LogP contribution in [-0.4, -0.2) is 25.4 Å². The number of carbonyl (C=O) groups is 1. The van der Waals surface area contributed by atoms with Crippen molar-refractivity contribution >= 4 is 17.9 Å². The Morgan fingerprint density at radius 2 is 1.28 bits per heavy atom. The van der Waals surface area contributed by atoms with Crippen molar-refractivity contribution in [3.05, 3.63) is 59.7 Å². The maximum absolute atomic E-state index is 12.1. The number of nitrogens with zero attached hydrogens (tertiary/aromatic N) is 1. The third-order valence-corrected chi connectivity index (χ3v) is 7.31. The highest BCUT2D eigenvalue weighted by Gasteiger charge is 2.08. The lowest BCUT2D eigenvalue weighted by Crippen LogP contribution is -2.11. The fourth-order valence-electron chi connectivity index (χ4n) is 4.39. The van der Waals surface area contributed by atoms with Crippen LogP contribution in [0.1, 0.15) is 133 Å². The largest absolute Gasteiger partial charge is 0.494 e. The van der Waals surface area contributed by atoms with Crippen molar-refractivity contribution in [1.82, 2.24) is 0 Å². The van der Waals surface area contributed by atoms with E-state index in [1.807, 2.05) is 36.4 Å². The van der Waals surface area contributed by atoms with Crippen LogP contribution in [0.15, 0.2) is 53.5 Å². The van der Waals surface area contributed by atoms with E-state index in [0.717, 1.165) is 36.4 Å². The lowest BCUT2D eigenvalue weighted by atomic mass is 10.0. The van der Waals surface area contributed by atoms with E-state index in [1.54, 1.807) is 18.3 Å². The fraction of sp³-hybridized carbons (Fsp3) is 0.600. The third kappa shape index (κ3) is 15.5. The fourth-order valence-corrected chi connectivity index (χ4v) is 4.39. The molecule has 0 fully saturated rings. The van der Waals surface area contributed by atoms with Gasteiger partial charge in [0.1, 0.15) is 5.75 Å². The predicted molar refractivity (Wildman–Crippen MR) is 166 cm³/mol. The average molecular weight is 536 g/mol. The summed E-state index contributed by atoms with van der Waals surface area (Å²) in [4.78, 5) is 16.7. The van der Waals surface area contributed by atoms with Crippen molar-refractivity contribution in [2.45, 2.75) is 117 Å². The van der Waals surface area contributed by atoms with Gasteiger partial charge in [-0.05, 0) is 54.3 Å². The molecule has 4 nitrogen and oxygen atoms in total. The summed E-state index contributed by atoms with van der Waals surface area (Å²) in [6.07, 6.45) is 21.9. The molecule has 2 rings (SSSR count). The van der Waals surface area contributed by atoms with Crippen LogP contribution in [0.25, 0.3) is 0 Å². The first-order chi connectivity index (χ1) is 19.1. The van der Waals surface area contributed by atoms with E-state index in [0.29, 0.717) is 18.1 Å². The second kappa shape index (κ2) is 21.2. The van der Waals surface area contributed by atoms with E-state index in [2.05, 4.69) is 25.8 Å². The summed E-state index contributed by atoms with van der Waals surface area (Å²) in [7, 11) is 0. The molecule has 1 atom stereocenters. The summed E-state index contributed by atoms with van der Waals surface area (Å²) in [6.45, 7) is 7.68. The first kappa shape index (κ1) is 32.6. The lowest BCUT2D eigenvalue weighted by molar-refractivity contribution is 0.0447. The predicted octanol–water partition coefficient (Wildman–Crippen LogP) is 10.5. The highest BCUT2D eigenvalue weighted by atomic mass is 16.5. The molecule has 4 heteroatoms. The van der Waals surface area contributed by atoms with Crippen LogP contribution in [-0.2, 0) is 4.74 Å². The Bertz CT molecular complexity index is 904. The Kier molecular flexibility index (Phi) is 17.7. The van der Waals surface area contributed by atoms with E-state index in [4.69, 9.17) is 9.47 Å². The number of benzene rings is 2. The molecule has 0 aliphatic rings. The highest BCUT2D eigenvalue weighted by molar-refractivity contribution is 5.91. The molecule has 2 aromatic rings. The number of rotatable bonds is 22. The smallest absolute Gasteiger partial charge is 0.338 e. The summed E-state index contributed by atoms with van der Waals surface area (Å²) in [5.41, 5.74) is 2.37. The second-order valence-electron chi connectivity index (χ2n) is 10.9. The average Bonchev–Trinajstić information content (AvgIpc) is 2.97. The Hall–Kier alpha value is -2.62. The second-order valence-corrected chi connectivity index (χ2v) is 10.9. The van der Waals surface area contributed by atoms with Crippen LogP contribution < -0.4 is 4.74 Å². The molecule has 0 bridgehead atoms.